The summed E-state index contributed by atoms with van der Waals surface area (Å²) < 4.78 is 27.5. The van der Waals surface area contributed by atoms with Crippen molar-refractivity contribution in [2.75, 3.05) is 11.6 Å². The second-order valence-corrected chi connectivity index (χ2v) is 8.92. The molecule has 1 aromatic carbocycles. The van der Waals surface area contributed by atoms with Crippen molar-refractivity contribution in [3.05, 3.63) is 48.4 Å². The quantitative estimate of drug-likeness (QED) is 0.605. The molecule has 0 amide bonds. The number of anilines is 1. The molecule has 4 rings (SSSR count). The fourth-order valence-corrected chi connectivity index (χ4v) is 4.70. The largest absolute Gasteiger partial charge is 0.609 e. The van der Waals surface area contributed by atoms with Crippen LogP contribution in [0, 0.1) is 5.82 Å². The first kappa shape index (κ1) is 20.8. The van der Waals surface area contributed by atoms with Crippen molar-refractivity contribution in [2.45, 2.75) is 43.0 Å². The van der Waals surface area contributed by atoms with Crippen LogP contribution in [0.5, 0.6) is 0 Å². The third kappa shape index (κ3) is 4.21. The number of aliphatic hydroxyl groups is 1. The van der Waals surface area contributed by atoms with Crippen LogP contribution >= 0.6 is 0 Å². The Kier molecular flexibility index (Phi) is 6.08. The minimum Gasteiger partial charge on any atom is -0.609 e. The van der Waals surface area contributed by atoms with E-state index in [1.54, 1.807) is 24.6 Å². The maximum Gasteiger partial charge on any atom is 0.323 e. The summed E-state index contributed by atoms with van der Waals surface area (Å²) in [6, 6.07) is 9.87. The number of imidazole rings is 1. The van der Waals surface area contributed by atoms with Gasteiger partial charge >= 0.3 is 5.16 Å². The van der Waals surface area contributed by atoms with Crippen LogP contribution in [0.15, 0.2) is 47.8 Å². The van der Waals surface area contributed by atoms with Gasteiger partial charge in [0.25, 0.3) is 0 Å². The number of nitrogens with one attached hydrogen (secondary N) is 1. The smallest absolute Gasteiger partial charge is 0.323 e. The van der Waals surface area contributed by atoms with E-state index in [1.165, 1.54) is 12.1 Å². The van der Waals surface area contributed by atoms with Crippen molar-refractivity contribution < 1.29 is 14.0 Å². The molecular formula is C22H25FN4O2S. The van der Waals surface area contributed by atoms with Crippen LogP contribution in [-0.2, 0) is 18.2 Å². The lowest BCUT2D eigenvalue weighted by Crippen LogP contribution is -2.36. The summed E-state index contributed by atoms with van der Waals surface area (Å²) in [5.74, 6) is 0.348. The number of hydrogen-bond donors (Lipinski definition) is 2. The van der Waals surface area contributed by atoms with Crippen molar-refractivity contribution in [3.63, 3.8) is 0 Å². The molecule has 3 atom stereocenters. The van der Waals surface area contributed by atoms with Crippen LogP contribution in [0.25, 0.3) is 22.5 Å². The van der Waals surface area contributed by atoms with E-state index in [-0.39, 0.29) is 18.0 Å². The standard InChI is InChI=1S/C22H25FN4O2S/c1-27-21(20(26-22(27)30(2)29)14-7-9-16(23)10-8-14)15-11-12-24-19(13-15)25-17-5-3-4-6-18(17)28/h7-13,17-18,28H,3-6H2,1-2H3,(H,24,25). The average molecular weight is 429 g/mol. The molecule has 0 radical (unpaired) electrons. The SMILES string of the molecule is Cn1c([S+](C)[O-])nc(-c2ccc(F)cc2)c1-c1ccnc(NC2CCCCC2O)c1. The van der Waals surface area contributed by atoms with E-state index in [0.29, 0.717) is 16.7 Å². The molecule has 1 fully saturated rings. The average Bonchev–Trinajstić information content (AvgIpc) is 3.08. The topological polar surface area (TPSA) is 86.0 Å². The van der Waals surface area contributed by atoms with Gasteiger partial charge in [-0.3, -0.25) is 4.57 Å². The molecule has 3 aromatic rings. The highest BCUT2D eigenvalue weighted by Crippen LogP contribution is 2.34. The van der Waals surface area contributed by atoms with E-state index in [1.807, 2.05) is 23.7 Å². The zero-order valence-corrected chi connectivity index (χ0v) is 17.8. The molecule has 2 aromatic heterocycles. The molecule has 158 valence electrons. The maximum absolute atomic E-state index is 13.4. The molecule has 6 nitrogen and oxygen atoms in total. The predicted molar refractivity (Wildman–Crippen MR) is 116 cm³/mol. The van der Waals surface area contributed by atoms with Gasteiger partial charge in [-0.05, 0) is 49.2 Å². The van der Waals surface area contributed by atoms with E-state index in [0.717, 1.165) is 42.5 Å². The minimum atomic E-state index is -1.28. The van der Waals surface area contributed by atoms with Crippen LogP contribution in [0.3, 0.4) is 0 Å². The summed E-state index contributed by atoms with van der Waals surface area (Å²) in [7, 11) is 1.82. The Morgan fingerprint density at radius 3 is 2.60 bits per heavy atom. The van der Waals surface area contributed by atoms with Crippen molar-refractivity contribution in [1.82, 2.24) is 14.5 Å². The normalized spacial score (nSPS) is 20.2. The Hall–Kier alpha value is -2.42. The number of halogens is 1. The molecular weight excluding hydrogens is 403 g/mol. The number of rotatable bonds is 5. The maximum atomic E-state index is 13.4. The van der Waals surface area contributed by atoms with Crippen LogP contribution in [0.1, 0.15) is 25.7 Å². The Labute approximate surface area is 178 Å². The number of hydrogen-bond acceptors (Lipinski definition) is 5. The number of aromatic nitrogens is 3. The molecule has 1 aliphatic carbocycles. The first-order chi connectivity index (χ1) is 14.4. The highest BCUT2D eigenvalue weighted by molar-refractivity contribution is 7.90. The van der Waals surface area contributed by atoms with Crippen molar-refractivity contribution in [3.8, 4) is 22.5 Å². The molecule has 2 N–H and O–H groups in total. The molecule has 0 spiro atoms. The Morgan fingerprint density at radius 2 is 1.90 bits per heavy atom. The molecule has 30 heavy (non-hydrogen) atoms. The molecule has 1 saturated carbocycles. The zero-order chi connectivity index (χ0) is 21.3. The number of nitrogens with zero attached hydrogens (tertiary/aromatic N) is 3. The summed E-state index contributed by atoms with van der Waals surface area (Å²) in [5.41, 5.74) is 3.01. The summed E-state index contributed by atoms with van der Waals surface area (Å²) >= 11 is -1.28. The predicted octanol–water partition coefficient (Wildman–Crippen LogP) is 3.74. The van der Waals surface area contributed by atoms with Gasteiger partial charge in [0, 0.05) is 35.5 Å². The molecule has 8 heteroatoms. The fraction of sp³-hybridized carbons (Fsp3) is 0.364. The fourth-order valence-electron chi connectivity index (χ4n) is 4.00. The van der Waals surface area contributed by atoms with E-state index >= 15 is 0 Å². The summed E-state index contributed by atoms with van der Waals surface area (Å²) in [5, 5.41) is 14.1. The highest BCUT2D eigenvalue weighted by atomic mass is 32.2. The monoisotopic (exact) mass is 428 g/mol. The Morgan fingerprint density at radius 1 is 1.17 bits per heavy atom. The van der Waals surface area contributed by atoms with Crippen LogP contribution in [0.2, 0.25) is 0 Å². The van der Waals surface area contributed by atoms with Crippen molar-refractivity contribution in [1.29, 1.82) is 0 Å². The second-order valence-electron chi connectivity index (χ2n) is 7.64. The molecule has 2 heterocycles. The van der Waals surface area contributed by atoms with Gasteiger partial charge in [0.2, 0.25) is 0 Å². The third-order valence-corrected chi connectivity index (χ3v) is 6.40. The van der Waals surface area contributed by atoms with Gasteiger partial charge in [-0.25, -0.2) is 9.37 Å². The van der Waals surface area contributed by atoms with Crippen LogP contribution in [0.4, 0.5) is 10.2 Å². The van der Waals surface area contributed by atoms with Gasteiger partial charge in [0.1, 0.15) is 23.6 Å². The summed E-state index contributed by atoms with van der Waals surface area (Å²) in [6.07, 6.45) is 6.72. The lowest BCUT2D eigenvalue weighted by atomic mass is 9.92. The van der Waals surface area contributed by atoms with Gasteiger partial charge in [-0.15, -0.1) is 0 Å². The lowest BCUT2D eigenvalue weighted by molar-refractivity contribution is 0.116. The van der Waals surface area contributed by atoms with Gasteiger partial charge < -0.3 is 15.0 Å². The van der Waals surface area contributed by atoms with E-state index in [4.69, 9.17) is 0 Å². The van der Waals surface area contributed by atoms with Crippen LogP contribution in [-0.4, -0.2) is 42.6 Å². The molecule has 1 aliphatic rings. The first-order valence-corrected chi connectivity index (χ1v) is 11.6. The van der Waals surface area contributed by atoms with E-state index < -0.39 is 11.2 Å². The molecule has 0 saturated heterocycles. The summed E-state index contributed by atoms with van der Waals surface area (Å²) in [4.78, 5) is 9.02. The zero-order valence-electron chi connectivity index (χ0n) is 17.0. The van der Waals surface area contributed by atoms with Crippen molar-refractivity contribution >= 4 is 17.0 Å². The van der Waals surface area contributed by atoms with Crippen molar-refractivity contribution in [2.24, 2.45) is 7.05 Å². The minimum absolute atomic E-state index is 0.0247. The van der Waals surface area contributed by atoms with Gasteiger partial charge in [0.15, 0.2) is 0 Å². The molecule has 3 unspecified atom stereocenters. The number of benzene rings is 1. The van der Waals surface area contributed by atoms with E-state index in [9.17, 15) is 14.0 Å². The molecule has 0 bridgehead atoms. The van der Waals surface area contributed by atoms with Gasteiger partial charge in [-0.1, -0.05) is 12.8 Å². The second kappa shape index (κ2) is 8.75. The first-order valence-electron chi connectivity index (χ1n) is 10.0. The van der Waals surface area contributed by atoms with E-state index in [2.05, 4.69) is 15.3 Å². The van der Waals surface area contributed by atoms with Crippen LogP contribution < -0.4 is 5.32 Å². The lowest BCUT2D eigenvalue weighted by Gasteiger charge is -2.28. The Bertz CT molecular complexity index is 1020. The Balaban J connectivity index is 1.75. The van der Waals surface area contributed by atoms with Gasteiger partial charge in [-0.2, -0.15) is 4.98 Å². The van der Waals surface area contributed by atoms with Gasteiger partial charge in [0.05, 0.1) is 17.8 Å². The summed E-state index contributed by atoms with van der Waals surface area (Å²) in [6.45, 7) is 0. The number of pyridine rings is 1. The highest BCUT2D eigenvalue weighted by Gasteiger charge is 2.25. The third-order valence-electron chi connectivity index (χ3n) is 5.52. The molecule has 0 aliphatic heterocycles. The number of aliphatic hydroxyl groups excluding tert-OH is 1.